The highest BCUT2D eigenvalue weighted by Gasteiger charge is 2.40. The topological polar surface area (TPSA) is 61.0 Å². The lowest BCUT2D eigenvalue weighted by atomic mass is 9.78. The molecule has 1 aliphatic carbocycles. The van der Waals surface area contributed by atoms with Crippen molar-refractivity contribution in [1.29, 1.82) is 0 Å². The molecule has 0 spiro atoms. The van der Waals surface area contributed by atoms with Gasteiger partial charge >= 0.3 is 0 Å². The maximum absolute atomic E-state index is 6.04. The zero-order valence-corrected chi connectivity index (χ0v) is 11.6. The van der Waals surface area contributed by atoms with Gasteiger partial charge in [0.25, 0.3) is 0 Å². The molecule has 2 unspecified atom stereocenters. The van der Waals surface area contributed by atoms with Gasteiger partial charge < -0.3 is 10.5 Å². The second kappa shape index (κ2) is 5.22. The van der Waals surface area contributed by atoms with Crippen molar-refractivity contribution in [2.75, 3.05) is 12.3 Å². The second-order valence-electron chi connectivity index (χ2n) is 5.39. The van der Waals surface area contributed by atoms with Crippen LogP contribution in [0.1, 0.15) is 50.9 Å². The van der Waals surface area contributed by atoms with Gasteiger partial charge in [-0.1, -0.05) is 13.3 Å². The van der Waals surface area contributed by atoms with Gasteiger partial charge in [-0.25, -0.2) is 9.97 Å². The minimum Gasteiger partial charge on any atom is -0.383 e. The van der Waals surface area contributed by atoms with Crippen molar-refractivity contribution in [2.45, 2.75) is 52.1 Å². The third-order valence-corrected chi connectivity index (χ3v) is 3.79. The first kappa shape index (κ1) is 13.3. The van der Waals surface area contributed by atoms with E-state index >= 15 is 0 Å². The predicted molar refractivity (Wildman–Crippen MR) is 72.1 cm³/mol. The molecule has 1 heterocycles. The zero-order chi connectivity index (χ0) is 13.2. The van der Waals surface area contributed by atoms with Crippen LogP contribution in [-0.4, -0.2) is 16.6 Å². The second-order valence-corrected chi connectivity index (χ2v) is 5.39. The smallest absolute Gasteiger partial charge is 0.162 e. The molecule has 0 radical (unpaired) electrons. The Hall–Kier alpha value is -1.16. The summed E-state index contributed by atoms with van der Waals surface area (Å²) in [4.78, 5) is 8.94. The van der Waals surface area contributed by atoms with Crippen LogP contribution in [0, 0.1) is 12.8 Å². The van der Waals surface area contributed by atoms with E-state index in [1.807, 2.05) is 13.8 Å². The van der Waals surface area contributed by atoms with Crippen LogP contribution in [0.4, 0.5) is 5.82 Å². The lowest BCUT2D eigenvalue weighted by molar-refractivity contribution is -0.0880. The van der Waals surface area contributed by atoms with Gasteiger partial charge in [0, 0.05) is 18.4 Å². The molecular weight excluding hydrogens is 226 g/mol. The summed E-state index contributed by atoms with van der Waals surface area (Å²) in [5.74, 6) is 1.98. The number of ether oxygens (including phenoxy) is 1. The van der Waals surface area contributed by atoms with E-state index in [2.05, 4.69) is 16.9 Å². The van der Waals surface area contributed by atoms with Crippen LogP contribution in [0.2, 0.25) is 0 Å². The van der Waals surface area contributed by atoms with Gasteiger partial charge in [-0.2, -0.15) is 0 Å². The minimum absolute atomic E-state index is 0.325. The van der Waals surface area contributed by atoms with Crippen LogP contribution in [0.3, 0.4) is 0 Å². The predicted octanol–water partition coefficient (Wildman–Crippen LogP) is 2.81. The summed E-state index contributed by atoms with van der Waals surface area (Å²) in [5.41, 5.74) is 6.51. The van der Waals surface area contributed by atoms with E-state index < -0.39 is 0 Å². The van der Waals surface area contributed by atoms with Crippen molar-refractivity contribution in [3.63, 3.8) is 0 Å². The standard InChI is InChI=1S/C14H23N3O/c1-4-18-14(7-5-6-10(2)8-14)13-16-9-11(3)12(15)17-13/h9-10H,4-8H2,1-3H3,(H2,15,16,17). The number of hydrogen-bond acceptors (Lipinski definition) is 4. The Morgan fingerprint density at radius 3 is 2.94 bits per heavy atom. The number of rotatable bonds is 3. The summed E-state index contributed by atoms with van der Waals surface area (Å²) in [7, 11) is 0. The van der Waals surface area contributed by atoms with Gasteiger partial charge in [-0.3, -0.25) is 0 Å². The molecule has 2 rings (SSSR count). The third kappa shape index (κ3) is 2.48. The number of aryl methyl sites for hydroxylation is 1. The number of nitrogen functional groups attached to an aromatic ring is 1. The van der Waals surface area contributed by atoms with Gasteiger partial charge in [-0.05, 0) is 39.0 Å². The summed E-state index contributed by atoms with van der Waals surface area (Å²) < 4.78 is 6.04. The largest absolute Gasteiger partial charge is 0.383 e. The van der Waals surface area contributed by atoms with Crippen LogP contribution in [0.15, 0.2) is 6.20 Å². The summed E-state index contributed by atoms with van der Waals surface area (Å²) in [6.07, 6.45) is 6.21. The van der Waals surface area contributed by atoms with Crippen molar-refractivity contribution in [1.82, 2.24) is 9.97 Å². The molecule has 1 fully saturated rings. The van der Waals surface area contributed by atoms with E-state index in [0.717, 1.165) is 30.7 Å². The van der Waals surface area contributed by atoms with E-state index in [4.69, 9.17) is 10.5 Å². The lowest BCUT2D eigenvalue weighted by Gasteiger charge is -2.38. The fraction of sp³-hybridized carbons (Fsp3) is 0.714. The Balaban J connectivity index is 2.36. The van der Waals surface area contributed by atoms with Crippen LogP contribution in [-0.2, 0) is 10.3 Å². The zero-order valence-electron chi connectivity index (χ0n) is 11.6. The van der Waals surface area contributed by atoms with Gasteiger partial charge in [0.15, 0.2) is 5.82 Å². The molecule has 0 aliphatic heterocycles. The average molecular weight is 249 g/mol. The van der Waals surface area contributed by atoms with Gasteiger partial charge in [0.05, 0.1) is 0 Å². The Morgan fingerprint density at radius 2 is 2.33 bits per heavy atom. The molecule has 2 atom stereocenters. The molecular formula is C14H23N3O. The summed E-state index contributed by atoms with van der Waals surface area (Å²) in [6, 6.07) is 0. The van der Waals surface area contributed by atoms with E-state index in [-0.39, 0.29) is 5.60 Å². The SMILES string of the molecule is CCOC1(c2ncc(C)c(N)n2)CCCC(C)C1. The van der Waals surface area contributed by atoms with Gasteiger partial charge in [0.1, 0.15) is 11.4 Å². The number of aromatic nitrogens is 2. The molecule has 1 aliphatic rings. The number of nitrogens with two attached hydrogens (primary N) is 1. The molecule has 2 N–H and O–H groups in total. The highest BCUT2D eigenvalue weighted by Crippen LogP contribution is 2.41. The van der Waals surface area contributed by atoms with E-state index in [9.17, 15) is 0 Å². The fourth-order valence-corrected chi connectivity index (χ4v) is 2.85. The summed E-state index contributed by atoms with van der Waals surface area (Å²) in [5, 5.41) is 0. The molecule has 0 aromatic carbocycles. The molecule has 1 aromatic rings. The van der Waals surface area contributed by atoms with Crippen LogP contribution >= 0.6 is 0 Å². The van der Waals surface area contributed by atoms with E-state index in [1.165, 1.54) is 6.42 Å². The average Bonchev–Trinajstić information content (AvgIpc) is 2.33. The molecule has 4 nitrogen and oxygen atoms in total. The molecule has 100 valence electrons. The molecule has 0 saturated heterocycles. The highest BCUT2D eigenvalue weighted by atomic mass is 16.5. The molecule has 4 heteroatoms. The summed E-state index contributed by atoms with van der Waals surface area (Å²) in [6.45, 7) is 6.91. The molecule has 0 amide bonds. The van der Waals surface area contributed by atoms with E-state index in [1.54, 1.807) is 6.20 Å². The van der Waals surface area contributed by atoms with Crippen molar-refractivity contribution in [3.8, 4) is 0 Å². The van der Waals surface area contributed by atoms with Gasteiger partial charge in [0.2, 0.25) is 0 Å². The number of nitrogens with zero attached hydrogens (tertiary/aromatic N) is 2. The highest BCUT2D eigenvalue weighted by molar-refractivity contribution is 5.36. The first-order valence-corrected chi connectivity index (χ1v) is 6.81. The van der Waals surface area contributed by atoms with E-state index in [0.29, 0.717) is 18.3 Å². The first-order chi connectivity index (χ1) is 8.57. The molecule has 0 bridgehead atoms. The molecule has 1 aromatic heterocycles. The van der Waals surface area contributed by atoms with Crippen molar-refractivity contribution in [3.05, 3.63) is 17.6 Å². The quantitative estimate of drug-likeness (QED) is 0.894. The Kier molecular flexibility index (Phi) is 3.85. The summed E-state index contributed by atoms with van der Waals surface area (Å²) >= 11 is 0. The van der Waals surface area contributed by atoms with Crippen molar-refractivity contribution in [2.24, 2.45) is 5.92 Å². The normalized spacial score (nSPS) is 28.3. The van der Waals surface area contributed by atoms with Crippen molar-refractivity contribution < 1.29 is 4.74 Å². The third-order valence-electron chi connectivity index (χ3n) is 3.79. The Morgan fingerprint density at radius 1 is 1.56 bits per heavy atom. The lowest BCUT2D eigenvalue weighted by Crippen LogP contribution is -2.37. The monoisotopic (exact) mass is 249 g/mol. The maximum Gasteiger partial charge on any atom is 0.162 e. The fourth-order valence-electron chi connectivity index (χ4n) is 2.85. The first-order valence-electron chi connectivity index (χ1n) is 6.81. The van der Waals surface area contributed by atoms with Crippen LogP contribution < -0.4 is 5.73 Å². The van der Waals surface area contributed by atoms with Gasteiger partial charge in [-0.15, -0.1) is 0 Å². The molecule has 1 saturated carbocycles. The maximum atomic E-state index is 6.04. The van der Waals surface area contributed by atoms with Crippen LogP contribution in [0.5, 0.6) is 0 Å². The minimum atomic E-state index is -0.325. The molecule has 18 heavy (non-hydrogen) atoms. The number of hydrogen-bond donors (Lipinski definition) is 1. The Labute approximate surface area is 109 Å². The van der Waals surface area contributed by atoms with Crippen LogP contribution in [0.25, 0.3) is 0 Å². The Bertz CT molecular complexity index is 418. The number of anilines is 1. The van der Waals surface area contributed by atoms with Crippen molar-refractivity contribution >= 4 is 5.82 Å².